The molecule has 0 aliphatic rings. The van der Waals surface area contributed by atoms with E-state index in [0.29, 0.717) is 17.0 Å². The highest BCUT2D eigenvalue weighted by Gasteiger charge is 2.32. The van der Waals surface area contributed by atoms with Crippen molar-refractivity contribution < 1.29 is 35.6 Å². The lowest BCUT2D eigenvalue weighted by Crippen LogP contribution is -2.19. The molecule has 6 nitrogen and oxygen atoms in total. The Morgan fingerprint density at radius 3 is 2.35 bits per heavy atom. The summed E-state index contributed by atoms with van der Waals surface area (Å²) in [5.41, 5.74) is 1.15. The van der Waals surface area contributed by atoms with Crippen LogP contribution in [-0.2, 0) is 17.9 Å². The van der Waals surface area contributed by atoms with Gasteiger partial charge in [-0.05, 0) is 20.8 Å². The highest BCUT2D eigenvalue weighted by Crippen LogP contribution is 2.30. The van der Waals surface area contributed by atoms with Crippen LogP contribution >= 0.6 is 0 Å². The molecule has 0 fully saturated rings. The maximum Gasteiger partial charge on any atom is 0.411 e. The van der Waals surface area contributed by atoms with Gasteiger partial charge in [-0.25, -0.2) is 0 Å². The number of hydrogen-bond donors (Lipinski definition) is 0. The zero-order chi connectivity index (χ0) is 19.7. The van der Waals surface area contributed by atoms with E-state index in [1.807, 2.05) is 0 Å². The van der Waals surface area contributed by atoms with Crippen LogP contribution in [0.3, 0.4) is 0 Å². The van der Waals surface area contributed by atoms with Crippen molar-refractivity contribution in [3.05, 3.63) is 28.7 Å². The molecule has 2 heterocycles. The van der Waals surface area contributed by atoms with Crippen LogP contribution in [0.25, 0.3) is 0 Å². The second-order valence-electron chi connectivity index (χ2n) is 5.74. The van der Waals surface area contributed by atoms with Crippen molar-refractivity contribution in [2.45, 2.75) is 52.2 Å². The molecule has 0 saturated carbocycles. The number of aromatic nitrogens is 4. The van der Waals surface area contributed by atoms with E-state index in [0.717, 1.165) is 4.68 Å². The van der Waals surface area contributed by atoms with Crippen LogP contribution in [-0.4, -0.2) is 38.9 Å². The fourth-order valence-corrected chi connectivity index (χ4v) is 2.54. The number of halogens is 6. The molecule has 1 atom stereocenters. The molecule has 26 heavy (non-hydrogen) atoms. The Bertz CT molecular complexity index is 750. The fourth-order valence-electron chi connectivity index (χ4n) is 2.54. The van der Waals surface area contributed by atoms with Gasteiger partial charge in [0.1, 0.15) is 19.8 Å². The maximum absolute atomic E-state index is 12.6. The van der Waals surface area contributed by atoms with E-state index in [4.69, 9.17) is 4.52 Å². The Kier molecular flexibility index (Phi) is 5.64. The quantitative estimate of drug-likeness (QED) is 0.709. The zero-order valence-corrected chi connectivity index (χ0v) is 14.1. The van der Waals surface area contributed by atoms with E-state index < -0.39 is 38.0 Å². The third-order valence-electron chi connectivity index (χ3n) is 3.55. The van der Waals surface area contributed by atoms with Gasteiger partial charge < -0.3 is 9.26 Å². The van der Waals surface area contributed by atoms with E-state index in [2.05, 4.69) is 20.0 Å². The Labute approximate surface area is 144 Å². The van der Waals surface area contributed by atoms with E-state index in [1.165, 1.54) is 6.92 Å². The van der Waals surface area contributed by atoms with Crippen molar-refractivity contribution in [1.82, 2.24) is 19.9 Å². The van der Waals surface area contributed by atoms with Gasteiger partial charge in [0.05, 0.1) is 11.6 Å². The van der Waals surface area contributed by atoms with Crippen molar-refractivity contribution >= 4 is 0 Å². The molecular formula is C14H16F6N4O2. The Balaban J connectivity index is 2.13. The predicted octanol–water partition coefficient (Wildman–Crippen LogP) is 3.68. The van der Waals surface area contributed by atoms with Crippen LogP contribution in [0.4, 0.5) is 26.3 Å². The number of hydrogen-bond acceptors (Lipinski definition) is 5. The molecule has 1 unspecified atom stereocenters. The zero-order valence-electron chi connectivity index (χ0n) is 14.1. The van der Waals surface area contributed by atoms with Gasteiger partial charge in [0.25, 0.3) is 0 Å². The number of aryl methyl sites for hydroxylation is 1. The molecule has 0 saturated heterocycles. The molecule has 0 spiro atoms. The summed E-state index contributed by atoms with van der Waals surface area (Å²) in [6.45, 7) is 1.49. The first-order valence-electron chi connectivity index (χ1n) is 7.45. The van der Waals surface area contributed by atoms with E-state index >= 15 is 0 Å². The van der Waals surface area contributed by atoms with Crippen LogP contribution in [0.1, 0.15) is 41.5 Å². The van der Waals surface area contributed by atoms with Crippen molar-refractivity contribution in [2.75, 3.05) is 6.61 Å². The Morgan fingerprint density at radius 2 is 1.77 bits per heavy atom. The minimum atomic E-state index is -4.47. The highest BCUT2D eigenvalue weighted by molar-refractivity contribution is 5.32. The lowest BCUT2D eigenvalue weighted by Gasteiger charge is -2.10. The first-order chi connectivity index (χ1) is 11.9. The Morgan fingerprint density at radius 1 is 1.12 bits per heavy atom. The molecule has 0 bridgehead atoms. The van der Waals surface area contributed by atoms with Crippen LogP contribution < -0.4 is 0 Å². The van der Waals surface area contributed by atoms with Crippen LogP contribution in [0.2, 0.25) is 0 Å². The SMILES string of the molecule is Cc1nn(CC(F)(F)F)c(C)c1C(C)c1nc(COCC(F)(F)F)no1. The molecule has 0 radical (unpaired) electrons. The highest BCUT2D eigenvalue weighted by atomic mass is 19.4. The first-order valence-corrected chi connectivity index (χ1v) is 7.45. The smallest absolute Gasteiger partial charge is 0.364 e. The molecule has 0 N–H and O–H groups in total. The summed E-state index contributed by atoms with van der Waals surface area (Å²) in [7, 11) is 0. The Hall–Kier alpha value is -2.11. The fraction of sp³-hybridized carbons (Fsp3) is 0.643. The first kappa shape index (κ1) is 20.2. The van der Waals surface area contributed by atoms with Crippen LogP contribution in [0, 0.1) is 13.8 Å². The summed E-state index contributed by atoms with van der Waals surface area (Å²) < 4.78 is 84.2. The van der Waals surface area contributed by atoms with Crippen molar-refractivity contribution in [2.24, 2.45) is 0 Å². The van der Waals surface area contributed by atoms with Gasteiger partial charge in [-0.2, -0.15) is 36.4 Å². The van der Waals surface area contributed by atoms with Gasteiger partial charge in [0, 0.05) is 11.3 Å². The number of ether oxygens (including phenoxy) is 1. The molecule has 2 aromatic heterocycles. The van der Waals surface area contributed by atoms with Gasteiger partial charge in [0.2, 0.25) is 5.89 Å². The second-order valence-corrected chi connectivity index (χ2v) is 5.74. The number of alkyl halides is 6. The summed E-state index contributed by atoms with van der Waals surface area (Å²) >= 11 is 0. The third kappa shape index (κ3) is 5.19. The van der Waals surface area contributed by atoms with E-state index in [1.54, 1.807) is 13.8 Å². The molecule has 2 rings (SSSR count). The van der Waals surface area contributed by atoms with Gasteiger partial charge in [-0.1, -0.05) is 5.16 Å². The standard InChI is InChI=1S/C14H16F6N4O2/c1-7(11-8(2)22-24(9(11)3)5-13(15,16)17)12-21-10(23-26-12)4-25-6-14(18,19)20/h7H,4-6H2,1-3H3. The number of rotatable bonds is 6. The van der Waals surface area contributed by atoms with E-state index in [9.17, 15) is 26.3 Å². The summed E-state index contributed by atoms with van der Waals surface area (Å²) in [5, 5.41) is 7.40. The molecule has 0 aliphatic carbocycles. The number of nitrogens with zero attached hydrogens (tertiary/aromatic N) is 4. The summed E-state index contributed by atoms with van der Waals surface area (Å²) in [5.74, 6) is -0.622. The van der Waals surface area contributed by atoms with Crippen molar-refractivity contribution in [3.8, 4) is 0 Å². The third-order valence-corrected chi connectivity index (χ3v) is 3.55. The van der Waals surface area contributed by atoms with E-state index in [-0.39, 0.29) is 11.7 Å². The minimum Gasteiger partial charge on any atom is -0.364 e. The molecular weight excluding hydrogens is 370 g/mol. The maximum atomic E-state index is 12.6. The lowest BCUT2D eigenvalue weighted by atomic mass is 9.99. The normalized spacial score (nSPS) is 14.0. The molecule has 12 heteroatoms. The largest absolute Gasteiger partial charge is 0.411 e. The average Bonchev–Trinajstić information content (AvgIpc) is 3.01. The average molecular weight is 386 g/mol. The molecule has 2 aromatic rings. The van der Waals surface area contributed by atoms with Gasteiger partial charge in [0.15, 0.2) is 5.82 Å². The topological polar surface area (TPSA) is 66.0 Å². The van der Waals surface area contributed by atoms with Crippen molar-refractivity contribution in [1.29, 1.82) is 0 Å². The monoisotopic (exact) mass is 386 g/mol. The molecule has 146 valence electrons. The molecule has 0 aliphatic heterocycles. The lowest BCUT2D eigenvalue weighted by molar-refractivity contribution is -0.177. The predicted molar refractivity (Wildman–Crippen MR) is 75.3 cm³/mol. The van der Waals surface area contributed by atoms with Gasteiger partial charge >= 0.3 is 12.4 Å². The van der Waals surface area contributed by atoms with Crippen molar-refractivity contribution in [3.63, 3.8) is 0 Å². The van der Waals surface area contributed by atoms with Gasteiger partial charge in [-0.3, -0.25) is 4.68 Å². The molecule has 0 aromatic carbocycles. The minimum absolute atomic E-state index is 0.0494. The van der Waals surface area contributed by atoms with Gasteiger partial charge in [-0.15, -0.1) is 0 Å². The summed E-state index contributed by atoms with van der Waals surface area (Å²) in [6.07, 6.45) is -8.89. The molecule has 0 amide bonds. The summed E-state index contributed by atoms with van der Waals surface area (Å²) in [6, 6.07) is 0. The van der Waals surface area contributed by atoms with Crippen LogP contribution in [0.5, 0.6) is 0 Å². The van der Waals surface area contributed by atoms with Crippen LogP contribution in [0.15, 0.2) is 4.52 Å². The summed E-state index contributed by atoms with van der Waals surface area (Å²) in [4.78, 5) is 3.94. The second kappa shape index (κ2) is 7.25.